The molecule has 0 aliphatic carbocycles. The van der Waals surface area contributed by atoms with Crippen LogP contribution in [-0.2, 0) is 71.5 Å². The van der Waals surface area contributed by atoms with Crippen molar-refractivity contribution in [3.8, 4) is 0 Å². The summed E-state index contributed by atoms with van der Waals surface area (Å²) in [5.74, 6) is -4.88. The van der Waals surface area contributed by atoms with Gasteiger partial charge in [0, 0.05) is 41.5 Å². The van der Waals surface area contributed by atoms with Crippen LogP contribution in [0.2, 0.25) is 0 Å². The van der Waals surface area contributed by atoms with E-state index in [1.54, 1.807) is 0 Å². The van der Waals surface area contributed by atoms with E-state index in [1.807, 2.05) is 0 Å². The molecule has 0 aromatic rings. The summed E-state index contributed by atoms with van der Waals surface area (Å²) in [5, 5.41) is 2.96. The van der Waals surface area contributed by atoms with Crippen molar-refractivity contribution >= 4 is 41.7 Å². The fourth-order valence-corrected chi connectivity index (χ4v) is 10.2. The van der Waals surface area contributed by atoms with Gasteiger partial charge in [-0.15, -0.1) is 0 Å². The Morgan fingerprint density at radius 2 is 0.753 bits per heavy atom. The maximum Gasteiger partial charge on any atom is 0.303 e. The summed E-state index contributed by atoms with van der Waals surface area (Å²) in [6.45, 7) is 10.7. The van der Waals surface area contributed by atoms with E-state index in [1.165, 1.54) is 175 Å². The lowest BCUT2D eigenvalue weighted by Crippen LogP contribution is -2.63. The molecule has 0 aromatic heterocycles. The Morgan fingerprint density at radius 3 is 1.12 bits per heavy atom. The molecule has 1 rings (SSSR count). The minimum Gasteiger partial charge on any atom is -0.463 e. The summed E-state index contributed by atoms with van der Waals surface area (Å²) in [6.07, 6.45) is 32.3. The van der Waals surface area contributed by atoms with Crippen LogP contribution in [0.3, 0.4) is 0 Å². The third-order valence-electron chi connectivity index (χ3n) is 14.2. The Hall–Kier alpha value is -3.79. The standard InChI is InChI=1S/C61H109NO15/c1-9-11-13-15-17-19-21-23-25-26-27-28-30-32-34-36-38-40-42-44-55(73-49(5)65)60(69)62-53(54(72-48(4)64)43-41-39-37-35-33-31-29-24-22-20-18-16-14-12-10-2)45-71-61-59(76-52(8)68)58(75-51(7)67)57(74-50(6)66)56(77-61)46-70-47(3)63/h53-59,61H,9-46H2,1-8H3,(H,62,69)/t53-,54+,55+,56+,57+,58-,59+,61+/m0/s1. The van der Waals surface area contributed by atoms with Crippen LogP contribution in [0.25, 0.3) is 0 Å². The summed E-state index contributed by atoms with van der Waals surface area (Å²) in [6, 6.07) is -1.05. The first-order valence-electron chi connectivity index (χ1n) is 30.7. The maximum absolute atomic E-state index is 14.3. The van der Waals surface area contributed by atoms with Crippen molar-refractivity contribution in [2.45, 2.75) is 335 Å². The van der Waals surface area contributed by atoms with Crippen LogP contribution >= 0.6 is 0 Å². The van der Waals surface area contributed by atoms with Crippen LogP contribution in [0.15, 0.2) is 0 Å². The monoisotopic (exact) mass is 1100 g/mol. The molecule has 8 atom stereocenters. The van der Waals surface area contributed by atoms with Crippen molar-refractivity contribution in [3.05, 3.63) is 0 Å². The number of ether oxygens (including phenoxy) is 8. The highest BCUT2D eigenvalue weighted by atomic mass is 16.7. The topological polar surface area (TPSA) is 205 Å². The number of rotatable bonds is 49. The molecule has 1 fully saturated rings. The molecule has 1 aliphatic rings. The number of hydrogen-bond acceptors (Lipinski definition) is 15. The molecule has 16 heteroatoms. The number of unbranched alkanes of at least 4 members (excludes halogenated alkanes) is 32. The zero-order valence-electron chi connectivity index (χ0n) is 49.6. The first kappa shape index (κ1) is 71.2. The van der Waals surface area contributed by atoms with E-state index in [2.05, 4.69) is 19.2 Å². The SMILES string of the molecule is CCCCCCCCCCCCCCCCCCCCC[C@@H](OC(C)=O)C(=O)N[C@@H](CO[C@@H]1O[C@H](COC(C)=O)[C@@H](OC(C)=O)[C@H](OC(C)=O)[C@H]1OC(C)=O)[C@@H](CCCCCCCCCCCCCCCCC)OC(C)=O. The van der Waals surface area contributed by atoms with E-state index in [9.17, 15) is 33.6 Å². The molecule has 1 N–H and O–H groups in total. The second-order valence-corrected chi connectivity index (χ2v) is 21.7. The van der Waals surface area contributed by atoms with Gasteiger partial charge >= 0.3 is 35.8 Å². The summed E-state index contributed by atoms with van der Waals surface area (Å²) in [5.41, 5.74) is 0. The van der Waals surface area contributed by atoms with Crippen molar-refractivity contribution in [2.24, 2.45) is 0 Å². The van der Waals surface area contributed by atoms with Gasteiger partial charge in [-0.1, -0.05) is 219 Å². The predicted molar refractivity (Wildman–Crippen MR) is 299 cm³/mol. The van der Waals surface area contributed by atoms with Crippen molar-refractivity contribution < 1.29 is 71.5 Å². The zero-order chi connectivity index (χ0) is 56.9. The van der Waals surface area contributed by atoms with Gasteiger partial charge in [0.2, 0.25) is 0 Å². The average molecular weight is 1100 g/mol. The van der Waals surface area contributed by atoms with Crippen molar-refractivity contribution in [2.75, 3.05) is 13.2 Å². The molecule has 0 spiro atoms. The van der Waals surface area contributed by atoms with E-state index >= 15 is 0 Å². The Bertz CT molecular complexity index is 1580. The lowest BCUT2D eigenvalue weighted by atomic mass is 9.98. The lowest BCUT2D eigenvalue weighted by molar-refractivity contribution is -0.309. The Labute approximate surface area is 465 Å². The molecule has 1 saturated heterocycles. The highest BCUT2D eigenvalue weighted by Crippen LogP contribution is 2.31. The molecule has 0 radical (unpaired) electrons. The third-order valence-corrected chi connectivity index (χ3v) is 14.2. The Balaban J connectivity index is 3.10. The number of carbonyl (C=O) groups is 7. The molecule has 0 unspecified atom stereocenters. The first-order chi connectivity index (χ1) is 37.1. The minimum atomic E-state index is -1.55. The first-order valence-corrected chi connectivity index (χ1v) is 30.7. The second-order valence-electron chi connectivity index (χ2n) is 21.7. The second kappa shape index (κ2) is 47.1. The van der Waals surface area contributed by atoms with Gasteiger partial charge < -0.3 is 43.2 Å². The molecule has 16 nitrogen and oxygen atoms in total. The molecule has 0 bridgehead atoms. The maximum atomic E-state index is 14.3. The fraction of sp³-hybridized carbons (Fsp3) is 0.885. The van der Waals surface area contributed by atoms with Gasteiger partial charge in [-0.25, -0.2) is 0 Å². The van der Waals surface area contributed by atoms with E-state index in [4.69, 9.17) is 37.9 Å². The summed E-state index contributed by atoms with van der Waals surface area (Å²) in [7, 11) is 0. The molecular weight excluding hydrogens is 987 g/mol. The largest absolute Gasteiger partial charge is 0.463 e. The zero-order valence-corrected chi connectivity index (χ0v) is 49.6. The van der Waals surface area contributed by atoms with Gasteiger partial charge in [0.05, 0.1) is 12.6 Å². The van der Waals surface area contributed by atoms with Crippen LogP contribution in [0, 0.1) is 0 Å². The normalized spacial score (nSPS) is 18.4. The Kier molecular flexibility index (Phi) is 43.5. The van der Waals surface area contributed by atoms with E-state index in [-0.39, 0.29) is 6.42 Å². The van der Waals surface area contributed by atoms with Crippen molar-refractivity contribution in [3.63, 3.8) is 0 Å². The van der Waals surface area contributed by atoms with E-state index < -0.39 is 104 Å². The predicted octanol–water partition coefficient (Wildman–Crippen LogP) is 13.5. The van der Waals surface area contributed by atoms with Crippen LogP contribution < -0.4 is 5.32 Å². The Morgan fingerprint density at radius 1 is 0.403 bits per heavy atom. The van der Waals surface area contributed by atoms with Gasteiger partial charge in [0.15, 0.2) is 30.7 Å². The lowest BCUT2D eigenvalue weighted by Gasteiger charge is -2.44. The number of amides is 1. The quantitative estimate of drug-likeness (QED) is 0.0342. The molecule has 0 aromatic carbocycles. The molecule has 0 saturated carbocycles. The van der Waals surface area contributed by atoms with Gasteiger partial charge in [-0.2, -0.15) is 0 Å². The summed E-state index contributed by atoms with van der Waals surface area (Å²) < 4.78 is 46.0. The molecule has 77 heavy (non-hydrogen) atoms. The highest BCUT2D eigenvalue weighted by molar-refractivity contribution is 5.83. The van der Waals surface area contributed by atoms with Crippen LogP contribution in [0.5, 0.6) is 0 Å². The third kappa shape index (κ3) is 38.5. The smallest absolute Gasteiger partial charge is 0.303 e. The molecule has 1 amide bonds. The van der Waals surface area contributed by atoms with Crippen LogP contribution in [0.1, 0.15) is 287 Å². The highest BCUT2D eigenvalue weighted by Gasteiger charge is 2.53. The number of esters is 6. The molecule has 1 heterocycles. The summed E-state index contributed by atoms with van der Waals surface area (Å²) >= 11 is 0. The fourth-order valence-electron chi connectivity index (χ4n) is 10.2. The number of nitrogens with one attached hydrogen (secondary N) is 1. The summed E-state index contributed by atoms with van der Waals surface area (Å²) in [4.78, 5) is 88.8. The van der Waals surface area contributed by atoms with Gasteiger partial charge in [0.25, 0.3) is 5.91 Å². The van der Waals surface area contributed by atoms with Gasteiger partial charge in [0.1, 0.15) is 18.8 Å². The average Bonchev–Trinajstić information content (AvgIpc) is 3.36. The molecule has 1 aliphatic heterocycles. The van der Waals surface area contributed by atoms with E-state index in [0.717, 1.165) is 72.1 Å². The minimum absolute atomic E-state index is 0.273. The van der Waals surface area contributed by atoms with Gasteiger partial charge in [-0.3, -0.25) is 33.6 Å². The number of hydrogen-bond donors (Lipinski definition) is 1. The van der Waals surface area contributed by atoms with Gasteiger partial charge in [-0.05, 0) is 25.7 Å². The molecule has 448 valence electrons. The van der Waals surface area contributed by atoms with Crippen LogP contribution in [-0.4, -0.2) is 104 Å². The molecular formula is C61H109NO15. The van der Waals surface area contributed by atoms with E-state index in [0.29, 0.717) is 19.3 Å². The van der Waals surface area contributed by atoms with Crippen LogP contribution in [0.4, 0.5) is 0 Å². The number of carbonyl (C=O) groups excluding carboxylic acids is 7. The van der Waals surface area contributed by atoms with Crippen molar-refractivity contribution in [1.29, 1.82) is 0 Å². The van der Waals surface area contributed by atoms with Crippen molar-refractivity contribution in [1.82, 2.24) is 5.32 Å².